The van der Waals surface area contributed by atoms with Gasteiger partial charge in [0, 0.05) is 24.2 Å². The standard InChI is InChI=1S/C20H25BN2O5/c1-25-17-8-7-13(9-18(17)28-15-5-3-4-6-15)16-10-19(26-2)23-20(22-16)14-11-21(24)27-12-14/h7-10,14-15,24H,3-6,11-12H2,1-2H3/t14-/m0/s1. The lowest BCUT2D eigenvalue weighted by Crippen LogP contribution is -2.11. The molecule has 1 aromatic carbocycles. The second kappa shape index (κ2) is 8.37. The summed E-state index contributed by atoms with van der Waals surface area (Å²) in [5.74, 6) is 2.47. The molecule has 2 heterocycles. The van der Waals surface area contributed by atoms with Crippen LogP contribution in [0.2, 0.25) is 6.32 Å². The van der Waals surface area contributed by atoms with Gasteiger partial charge >= 0.3 is 7.12 Å². The lowest BCUT2D eigenvalue weighted by Gasteiger charge is -2.17. The molecule has 0 radical (unpaired) electrons. The fraction of sp³-hybridized carbons (Fsp3) is 0.500. The molecule has 1 atom stereocenters. The molecule has 8 heteroatoms. The van der Waals surface area contributed by atoms with E-state index in [0.717, 1.165) is 29.8 Å². The third-order valence-corrected chi connectivity index (χ3v) is 5.33. The zero-order valence-electron chi connectivity index (χ0n) is 16.3. The minimum atomic E-state index is -0.768. The van der Waals surface area contributed by atoms with Crippen LogP contribution in [0.15, 0.2) is 24.3 Å². The minimum Gasteiger partial charge on any atom is -0.493 e. The Morgan fingerprint density at radius 3 is 2.57 bits per heavy atom. The summed E-state index contributed by atoms with van der Waals surface area (Å²) >= 11 is 0. The number of benzene rings is 1. The lowest BCUT2D eigenvalue weighted by atomic mass is 9.82. The summed E-state index contributed by atoms with van der Waals surface area (Å²) in [6.07, 6.45) is 5.26. The third kappa shape index (κ3) is 4.08. The SMILES string of the molecule is COc1cc(-c2ccc(OC)c(OC3CCCC3)c2)nc([C@@H]2COB(O)C2)n1. The summed E-state index contributed by atoms with van der Waals surface area (Å²) < 4.78 is 22.3. The average Bonchev–Trinajstić information content (AvgIpc) is 3.39. The fourth-order valence-corrected chi connectivity index (χ4v) is 3.78. The van der Waals surface area contributed by atoms with Crippen LogP contribution in [0.1, 0.15) is 37.4 Å². The Bertz CT molecular complexity index is 828. The van der Waals surface area contributed by atoms with E-state index in [2.05, 4.69) is 4.98 Å². The maximum Gasteiger partial charge on any atom is 0.454 e. The second-order valence-corrected chi connectivity index (χ2v) is 7.26. The Morgan fingerprint density at radius 2 is 1.89 bits per heavy atom. The summed E-state index contributed by atoms with van der Waals surface area (Å²) in [6.45, 7) is 0.395. The summed E-state index contributed by atoms with van der Waals surface area (Å²) in [6, 6.07) is 7.61. The smallest absolute Gasteiger partial charge is 0.454 e. The normalized spacial score (nSPS) is 19.8. The van der Waals surface area contributed by atoms with Gasteiger partial charge in [0.2, 0.25) is 5.88 Å². The van der Waals surface area contributed by atoms with E-state index in [9.17, 15) is 5.02 Å². The number of rotatable bonds is 6. The van der Waals surface area contributed by atoms with E-state index in [0.29, 0.717) is 30.4 Å². The van der Waals surface area contributed by atoms with Gasteiger partial charge in [-0.15, -0.1) is 0 Å². The van der Waals surface area contributed by atoms with Crippen LogP contribution in [0, 0.1) is 0 Å². The summed E-state index contributed by atoms with van der Waals surface area (Å²) in [4.78, 5) is 9.17. The van der Waals surface area contributed by atoms with E-state index in [1.807, 2.05) is 18.2 Å². The van der Waals surface area contributed by atoms with Gasteiger partial charge in [0.25, 0.3) is 0 Å². The van der Waals surface area contributed by atoms with Gasteiger partial charge in [0.15, 0.2) is 11.5 Å². The predicted octanol–water partition coefficient (Wildman–Crippen LogP) is 3.08. The predicted molar refractivity (Wildman–Crippen MR) is 105 cm³/mol. The van der Waals surface area contributed by atoms with Crippen LogP contribution in [-0.4, -0.2) is 49.0 Å². The summed E-state index contributed by atoms with van der Waals surface area (Å²) in [5.41, 5.74) is 1.64. The lowest BCUT2D eigenvalue weighted by molar-refractivity contribution is 0.201. The number of hydrogen-bond acceptors (Lipinski definition) is 7. The van der Waals surface area contributed by atoms with Gasteiger partial charge in [-0.05, 0) is 50.2 Å². The molecule has 1 N–H and O–H groups in total. The largest absolute Gasteiger partial charge is 0.493 e. The van der Waals surface area contributed by atoms with E-state index in [1.165, 1.54) is 12.8 Å². The number of ether oxygens (including phenoxy) is 3. The van der Waals surface area contributed by atoms with Crippen molar-refractivity contribution in [1.82, 2.24) is 9.97 Å². The first-order valence-corrected chi connectivity index (χ1v) is 9.74. The van der Waals surface area contributed by atoms with Crippen LogP contribution in [0.25, 0.3) is 11.3 Å². The van der Waals surface area contributed by atoms with Crippen LogP contribution >= 0.6 is 0 Å². The Balaban J connectivity index is 1.67. The number of nitrogens with zero attached hydrogens (tertiary/aromatic N) is 2. The second-order valence-electron chi connectivity index (χ2n) is 7.26. The van der Waals surface area contributed by atoms with Crippen molar-refractivity contribution in [2.75, 3.05) is 20.8 Å². The molecule has 0 unspecified atom stereocenters. The zero-order valence-corrected chi connectivity index (χ0v) is 16.3. The molecule has 1 saturated carbocycles. The monoisotopic (exact) mass is 384 g/mol. The topological polar surface area (TPSA) is 82.9 Å². The molecular weight excluding hydrogens is 359 g/mol. The van der Waals surface area contributed by atoms with E-state index in [1.54, 1.807) is 20.3 Å². The van der Waals surface area contributed by atoms with E-state index >= 15 is 0 Å². The van der Waals surface area contributed by atoms with Crippen LogP contribution in [-0.2, 0) is 4.65 Å². The highest BCUT2D eigenvalue weighted by Gasteiger charge is 2.32. The van der Waals surface area contributed by atoms with E-state index in [4.69, 9.17) is 23.8 Å². The van der Waals surface area contributed by atoms with Crippen molar-refractivity contribution in [3.8, 4) is 28.6 Å². The van der Waals surface area contributed by atoms with Crippen molar-refractivity contribution in [3.63, 3.8) is 0 Å². The van der Waals surface area contributed by atoms with E-state index < -0.39 is 7.12 Å². The van der Waals surface area contributed by atoms with Gasteiger partial charge < -0.3 is 23.9 Å². The molecule has 148 valence electrons. The molecule has 0 amide bonds. The van der Waals surface area contributed by atoms with Crippen LogP contribution in [0.3, 0.4) is 0 Å². The quantitative estimate of drug-likeness (QED) is 0.767. The molecule has 0 bridgehead atoms. The Hall–Kier alpha value is -2.32. The first-order valence-electron chi connectivity index (χ1n) is 9.74. The minimum absolute atomic E-state index is 0.0590. The van der Waals surface area contributed by atoms with Gasteiger partial charge in [-0.25, -0.2) is 4.98 Å². The van der Waals surface area contributed by atoms with Crippen LogP contribution in [0.4, 0.5) is 0 Å². The molecule has 2 aromatic rings. The van der Waals surface area contributed by atoms with Gasteiger partial charge in [0.1, 0.15) is 5.82 Å². The maximum absolute atomic E-state index is 9.66. The number of methoxy groups -OCH3 is 2. The van der Waals surface area contributed by atoms with Gasteiger partial charge in [0.05, 0.1) is 26.0 Å². The molecule has 1 saturated heterocycles. The van der Waals surface area contributed by atoms with Crippen molar-refractivity contribution in [2.45, 2.75) is 44.0 Å². The molecular formula is C20H25BN2O5. The highest BCUT2D eigenvalue weighted by molar-refractivity contribution is 6.43. The van der Waals surface area contributed by atoms with Crippen molar-refractivity contribution in [1.29, 1.82) is 0 Å². The van der Waals surface area contributed by atoms with Crippen LogP contribution < -0.4 is 14.2 Å². The molecule has 2 aliphatic rings. The molecule has 0 spiro atoms. The molecule has 7 nitrogen and oxygen atoms in total. The van der Waals surface area contributed by atoms with Gasteiger partial charge in [-0.1, -0.05) is 0 Å². The Kier molecular flexibility index (Phi) is 5.68. The zero-order chi connectivity index (χ0) is 19.5. The van der Waals surface area contributed by atoms with Crippen molar-refractivity contribution < 1.29 is 23.9 Å². The molecule has 1 aromatic heterocycles. The Labute approximate surface area is 165 Å². The average molecular weight is 384 g/mol. The first kappa shape index (κ1) is 19.0. The maximum atomic E-state index is 9.66. The van der Waals surface area contributed by atoms with Crippen LogP contribution in [0.5, 0.6) is 17.4 Å². The Morgan fingerprint density at radius 1 is 1.07 bits per heavy atom. The molecule has 28 heavy (non-hydrogen) atoms. The highest BCUT2D eigenvalue weighted by Crippen LogP contribution is 2.36. The molecule has 2 fully saturated rings. The fourth-order valence-electron chi connectivity index (χ4n) is 3.78. The molecule has 1 aliphatic carbocycles. The van der Waals surface area contributed by atoms with Crippen molar-refractivity contribution >= 4 is 7.12 Å². The molecule has 4 rings (SSSR count). The summed E-state index contributed by atoms with van der Waals surface area (Å²) in [7, 11) is 2.46. The van der Waals surface area contributed by atoms with E-state index in [-0.39, 0.29) is 12.0 Å². The van der Waals surface area contributed by atoms with Crippen molar-refractivity contribution in [3.05, 3.63) is 30.1 Å². The van der Waals surface area contributed by atoms with Gasteiger partial charge in [-0.3, -0.25) is 0 Å². The third-order valence-electron chi connectivity index (χ3n) is 5.33. The first-order chi connectivity index (χ1) is 13.7. The number of hydrogen-bond donors (Lipinski definition) is 1. The highest BCUT2D eigenvalue weighted by atomic mass is 16.5. The molecule has 1 aliphatic heterocycles. The number of aromatic nitrogens is 2. The summed E-state index contributed by atoms with van der Waals surface area (Å²) in [5, 5.41) is 9.66. The van der Waals surface area contributed by atoms with Crippen molar-refractivity contribution in [2.24, 2.45) is 0 Å². The van der Waals surface area contributed by atoms with Gasteiger partial charge in [-0.2, -0.15) is 4.98 Å².